The molecule has 6 nitrogen and oxygen atoms in total. The van der Waals surface area contributed by atoms with Gasteiger partial charge < -0.3 is 20.7 Å². The molecule has 0 bridgehead atoms. The summed E-state index contributed by atoms with van der Waals surface area (Å²) in [5.41, 5.74) is 7.62. The molecule has 0 aromatic heterocycles. The molecule has 0 unspecified atom stereocenters. The van der Waals surface area contributed by atoms with Gasteiger partial charge in [0.15, 0.2) is 9.84 Å². The molecule has 0 atom stereocenters. The van der Waals surface area contributed by atoms with Gasteiger partial charge in [0.25, 0.3) is 0 Å². The van der Waals surface area contributed by atoms with Gasteiger partial charge in [-0.3, -0.25) is 0 Å². The van der Waals surface area contributed by atoms with Crippen molar-refractivity contribution in [1.29, 1.82) is 0 Å². The summed E-state index contributed by atoms with van der Waals surface area (Å²) in [4.78, 5) is 2.42. The zero-order valence-electron chi connectivity index (χ0n) is 12.3. The Bertz CT molecular complexity index is 664. The molecule has 3 rings (SSSR count). The molecular weight excluding hydrogens is 290 g/mol. The number of hydrogen-bond acceptors (Lipinski definition) is 6. The molecular formula is C14H21N3O3S. The van der Waals surface area contributed by atoms with E-state index >= 15 is 0 Å². The summed E-state index contributed by atoms with van der Waals surface area (Å²) in [6.45, 7) is 6.46. The number of fused-ring (bicyclic) bond motifs is 1. The molecule has 1 saturated heterocycles. The highest BCUT2D eigenvalue weighted by molar-refractivity contribution is 7.91. The van der Waals surface area contributed by atoms with Crippen molar-refractivity contribution >= 4 is 26.9 Å². The van der Waals surface area contributed by atoms with Gasteiger partial charge in [-0.05, 0) is 26.0 Å². The lowest BCUT2D eigenvalue weighted by Crippen LogP contribution is -2.43. The van der Waals surface area contributed by atoms with Crippen LogP contribution in [0.2, 0.25) is 0 Å². The number of nitrogen functional groups attached to an aromatic ring is 1. The van der Waals surface area contributed by atoms with E-state index in [1.54, 1.807) is 12.1 Å². The van der Waals surface area contributed by atoms with Crippen LogP contribution in [0, 0.1) is 0 Å². The van der Waals surface area contributed by atoms with Gasteiger partial charge in [0, 0.05) is 18.6 Å². The highest BCUT2D eigenvalue weighted by Gasteiger charge is 2.36. The number of nitrogens with zero attached hydrogens (tertiary/aromatic N) is 1. The first-order valence-electron chi connectivity index (χ1n) is 7.06. The lowest BCUT2D eigenvalue weighted by Gasteiger charge is -2.35. The summed E-state index contributed by atoms with van der Waals surface area (Å²) >= 11 is 0. The Hall–Kier alpha value is -1.47. The molecule has 3 N–H and O–H groups in total. The van der Waals surface area contributed by atoms with Gasteiger partial charge in [0.1, 0.15) is 0 Å². The van der Waals surface area contributed by atoms with Crippen molar-refractivity contribution in [1.82, 2.24) is 0 Å². The van der Waals surface area contributed by atoms with Gasteiger partial charge in [-0.25, -0.2) is 8.42 Å². The van der Waals surface area contributed by atoms with Crippen LogP contribution in [0.15, 0.2) is 17.0 Å². The zero-order valence-corrected chi connectivity index (χ0v) is 13.2. The first-order valence-corrected chi connectivity index (χ1v) is 8.71. The maximum absolute atomic E-state index is 12.5. The van der Waals surface area contributed by atoms with Crippen LogP contribution in [0.1, 0.15) is 13.8 Å². The number of morpholine rings is 1. The zero-order chi connectivity index (χ0) is 15.3. The summed E-state index contributed by atoms with van der Waals surface area (Å²) in [6.07, 6.45) is 0. The fourth-order valence-corrected chi connectivity index (χ4v) is 4.89. The third-order valence-electron chi connectivity index (χ3n) is 3.84. The van der Waals surface area contributed by atoms with E-state index in [1.807, 2.05) is 13.8 Å². The third kappa shape index (κ3) is 2.67. The second-order valence-corrected chi connectivity index (χ2v) is 8.23. The Balaban J connectivity index is 2.08. The fourth-order valence-electron chi connectivity index (χ4n) is 2.97. The molecule has 1 aromatic carbocycles. The number of ether oxygens (including phenoxy) is 1. The van der Waals surface area contributed by atoms with Gasteiger partial charge in [-0.1, -0.05) is 0 Å². The van der Waals surface area contributed by atoms with E-state index in [1.165, 1.54) is 0 Å². The lowest BCUT2D eigenvalue weighted by atomic mass is 10.1. The smallest absolute Gasteiger partial charge is 0.182 e. The van der Waals surface area contributed by atoms with Gasteiger partial charge in [-0.15, -0.1) is 0 Å². The van der Waals surface area contributed by atoms with Crippen molar-refractivity contribution in [3.8, 4) is 0 Å². The molecule has 0 saturated carbocycles. The van der Waals surface area contributed by atoms with Crippen molar-refractivity contribution in [2.24, 2.45) is 0 Å². The number of nitrogens with two attached hydrogens (primary N) is 1. The average molecular weight is 311 g/mol. The minimum absolute atomic E-state index is 0.0828. The quantitative estimate of drug-likeness (QED) is 0.755. The minimum atomic E-state index is -3.30. The SMILES string of the molecule is CC1(C)CS(=O)(=O)c2cc(N3CCOCC3)c(N)cc2N1. The maximum Gasteiger partial charge on any atom is 0.182 e. The minimum Gasteiger partial charge on any atom is -0.397 e. The Kier molecular flexibility index (Phi) is 3.29. The van der Waals surface area contributed by atoms with E-state index < -0.39 is 15.4 Å². The van der Waals surface area contributed by atoms with E-state index in [9.17, 15) is 8.42 Å². The van der Waals surface area contributed by atoms with Crippen molar-refractivity contribution in [2.45, 2.75) is 24.3 Å². The topological polar surface area (TPSA) is 84.7 Å². The van der Waals surface area contributed by atoms with E-state index in [-0.39, 0.29) is 5.75 Å². The average Bonchev–Trinajstić information content (AvgIpc) is 2.36. The molecule has 7 heteroatoms. The van der Waals surface area contributed by atoms with Crippen molar-refractivity contribution in [3.63, 3.8) is 0 Å². The number of benzene rings is 1. The van der Waals surface area contributed by atoms with Crippen LogP contribution in [0.5, 0.6) is 0 Å². The fraction of sp³-hybridized carbons (Fsp3) is 0.571. The first kappa shape index (κ1) is 14.5. The summed E-state index contributed by atoms with van der Waals surface area (Å²) in [5.74, 6) is 0.0828. The van der Waals surface area contributed by atoms with E-state index in [4.69, 9.17) is 10.5 Å². The molecule has 0 spiro atoms. The number of anilines is 3. The predicted molar refractivity (Wildman–Crippen MR) is 83.6 cm³/mol. The van der Waals surface area contributed by atoms with E-state index in [0.29, 0.717) is 29.5 Å². The van der Waals surface area contributed by atoms with Crippen LogP contribution < -0.4 is 16.0 Å². The summed E-state index contributed by atoms with van der Waals surface area (Å²) in [7, 11) is -3.30. The molecule has 0 radical (unpaired) electrons. The molecule has 2 heterocycles. The molecule has 2 aliphatic heterocycles. The normalized spacial score (nSPS) is 23.2. The largest absolute Gasteiger partial charge is 0.397 e. The third-order valence-corrected chi connectivity index (χ3v) is 5.95. The molecule has 2 aliphatic rings. The van der Waals surface area contributed by atoms with Crippen LogP contribution in [0.3, 0.4) is 0 Å². The Morgan fingerprint density at radius 3 is 2.62 bits per heavy atom. The van der Waals surface area contributed by atoms with Crippen molar-refractivity contribution in [3.05, 3.63) is 12.1 Å². The highest BCUT2D eigenvalue weighted by Crippen LogP contribution is 2.39. The van der Waals surface area contributed by atoms with Crippen LogP contribution in [0.25, 0.3) is 0 Å². The lowest BCUT2D eigenvalue weighted by molar-refractivity contribution is 0.123. The predicted octanol–water partition coefficient (Wildman–Crippen LogP) is 1.08. The van der Waals surface area contributed by atoms with Crippen molar-refractivity contribution in [2.75, 3.05) is 48.0 Å². The molecule has 21 heavy (non-hydrogen) atoms. The van der Waals surface area contributed by atoms with E-state index in [2.05, 4.69) is 10.2 Å². The van der Waals surface area contributed by atoms with Crippen LogP contribution in [-0.4, -0.2) is 46.0 Å². The summed E-state index contributed by atoms with van der Waals surface area (Å²) in [6, 6.07) is 3.44. The van der Waals surface area contributed by atoms with Crippen LogP contribution >= 0.6 is 0 Å². The van der Waals surface area contributed by atoms with Gasteiger partial charge >= 0.3 is 0 Å². The Labute approximate surface area is 125 Å². The Morgan fingerprint density at radius 1 is 1.29 bits per heavy atom. The number of hydrogen-bond donors (Lipinski definition) is 2. The second-order valence-electron chi connectivity index (χ2n) is 6.27. The summed E-state index contributed by atoms with van der Waals surface area (Å²) < 4.78 is 30.4. The maximum atomic E-state index is 12.5. The van der Waals surface area contributed by atoms with Gasteiger partial charge in [0.05, 0.1) is 40.9 Å². The first-order chi connectivity index (χ1) is 9.78. The van der Waals surface area contributed by atoms with Gasteiger partial charge in [0.2, 0.25) is 0 Å². The van der Waals surface area contributed by atoms with Crippen LogP contribution in [0.4, 0.5) is 17.1 Å². The molecule has 0 amide bonds. The molecule has 1 fully saturated rings. The molecule has 116 valence electrons. The number of nitrogens with one attached hydrogen (secondary N) is 1. The monoisotopic (exact) mass is 311 g/mol. The number of sulfone groups is 1. The highest BCUT2D eigenvalue weighted by atomic mass is 32.2. The van der Waals surface area contributed by atoms with Crippen LogP contribution in [-0.2, 0) is 14.6 Å². The van der Waals surface area contributed by atoms with E-state index in [0.717, 1.165) is 18.8 Å². The Morgan fingerprint density at radius 2 is 1.95 bits per heavy atom. The number of rotatable bonds is 1. The molecule has 1 aromatic rings. The van der Waals surface area contributed by atoms with Crippen molar-refractivity contribution < 1.29 is 13.2 Å². The second kappa shape index (κ2) is 4.78. The standard InChI is InChI=1S/C14H21N3O3S/c1-14(2)9-21(18,19)13-8-12(10(15)7-11(13)16-14)17-3-5-20-6-4-17/h7-8,16H,3-6,9,15H2,1-2H3. The molecule has 0 aliphatic carbocycles. The summed E-state index contributed by atoms with van der Waals surface area (Å²) in [5, 5.41) is 3.26. The van der Waals surface area contributed by atoms with Gasteiger partial charge in [-0.2, -0.15) is 0 Å².